The maximum absolute atomic E-state index is 12.5. The second-order valence-electron chi connectivity index (χ2n) is 6.23. The molecule has 0 radical (unpaired) electrons. The molecule has 1 fully saturated rings. The van der Waals surface area contributed by atoms with Crippen molar-refractivity contribution >= 4 is 11.6 Å². The first-order valence-electron chi connectivity index (χ1n) is 7.88. The van der Waals surface area contributed by atoms with Crippen molar-refractivity contribution in [2.75, 3.05) is 44.3 Å². The van der Waals surface area contributed by atoms with Crippen molar-refractivity contribution in [3.05, 3.63) is 29.3 Å². The van der Waals surface area contributed by atoms with Crippen LogP contribution in [0.5, 0.6) is 0 Å². The van der Waals surface area contributed by atoms with Gasteiger partial charge in [-0.25, -0.2) is 0 Å². The molecule has 1 aromatic carbocycles. The van der Waals surface area contributed by atoms with Gasteiger partial charge in [0, 0.05) is 25.3 Å². The highest BCUT2D eigenvalue weighted by atomic mass is 16.5. The van der Waals surface area contributed by atoms with Gasteiger partial charge in [-0.15, -0.1) is 0 Å². The molecule has 1 saturated heterocycles. The maximum atomic E-state index is 12.5. The summed E-state index contributed by atoms with van der Waals surface area (Å²) in [6.45, 7) is 8.94. The number of hydrogen-bond donors (Lipinski definition) is 0. The van der Waals surface area contributed by atoms with Crippen LogP contribution in [0, 0.1) is 0 Å². The molecule has 4 nitrogen and oxygen atoms in total. The number of benzene rings is 1. The van der Waals surface area contributed by atoms with Crippen molar-refractivity contribution in [3.8, 4) is 0 Å². The number of ether oxygens (including phenoxy) is 1. The van der Waals surface area contributed by atoms with Crippen molar-refractivity contribution in [1.29, 1.82) is 0 Å². The lowest BCUT2D eigenvalue weighted by atomic mass is 10.00. The smallest absolute Gasteiger partial charge is 0.241 e. The van der Waals surface area contributed by atoms with E-state index in [1.807, 2.05) is 4.90 Å². The summed E-state index contributed by atoms with van der Waals surface area (Å²) in [5.41, 5.74) is 3.78. The molecule has 2 aliphatic rings. The van der Waals surface area contributed by atoms with Crippen molar-refractivity contribution in [3.63, 3.8) is 0 Å². The minimum Gasteiger partial charge on any atom is -0.379 e. The topological polar surface area (TPSA) is 32.8 Å². The van der Waals surface area contributed by atoms with Crippen molar-refractivity contribution in [2.24, 2.45) is 0 Å². The highest BCUT2D eigenvalue weighted by molar-refractivity contribution is 5.96. The first-order chi connectivity index (χ1) is 10.1. The van der Waals surface area contributed by atoms with Crippen LogP contribution < -0.4 is 4.90 Å². The fourth-order valence-corrected chi connectivity index (χ4v) is 3.08. The molecule has 0 N–H and O–H groups in total. The largest absolute Gasteiger partial charge is 0.379 e. The Morgan fingerprint density at radius 3 is 2.71 bits per heavy atom. The van der Waals surface area contributed by atoms with Gasteiger partial charge in [-0.2, -0.15) is 0 Å². The van der Waals surface area contributed by atoms with Crippen LogP contribution in [0.4, 0.5) is 5.69 Å². The third kappa shape index (κ3) is 3.11. The van der Waals surface area contributed by atoms with Gasteiger partial charge in [0.2, 0.25) is 5.91 Å². The second-order valence-corrected chi connectivity index (χ2v) is 6.23. The summed E-state index contributed by atoms with van der Waals surface area (Å²) in [5.74, 6) is 0.751. The quantitative estimate of drug-likeness (QED) is 0.853. The maximum Gasteiger partial charge on any atom is 0.241 e. The van der Waals surface area contributed by atoms with Crippen molar-refractivity contribution < 1.29 is 9.53 Å². The summed E-state index contributed by atoms with van der Waals surface area (Å²) in [7, 11) is 0. The molecule has 0 bridgehead atoms. The minimum atomic E-state index is 0.216. The van der Waals surface area contributed by atoms with Crippen molar-refractivity contribution in [2.45, 2.75) is 26.2 Å². The van der Waals surface area contributed by atoms with Crippen molar-refractivity contribution in [1.82, 2.24) is 4.90 Å². The predicted octanol–water partition coefficient (Wildman–Crippen LogP) is 2.03. The summed E-state index contributed by atoms with van der Waals surface area (Å²) in [4.78, 5) is 16.7. The number of amides is 1. The van der Waals surface area contributed by atoms with E-state index in [0.29, 0.717) is 12.5 Å². The first kappa shape index (κ1) is 14.5. The lowest BCUT2D eigenvalue weighted by molar-refractivity contribution is -0.120. The van der Waals surface area contributed by atoms with Gasteiger partial charge in [0.1, 0.15) is 0 Å². The van der Waals surface area contributed by atoms with Gasteiger partial charge in [-0.3, -0.25) is 9.69 Å². The number of nitrogens with zero attached hydrogens (tertiary/aromatic N) is 2. The summed E-state index contributed by atoms with van der Waals surface area (Å²) < 4.78 is 5.33. The van der Waals surface area contributed by atoms with E-state index in [0.717, 1.165) is 45.0 Å². The zero-order valence-corrected chi connectivity index (χ0v) is 13.0. The number of rotatable bonds is 3. The Morgan fingerprint density at radius 1 is 1.24 bits per heavy atom. The van der Waals surface area contributed by atoms with Gasteiger partial charge < -0.3 is 9.64 Å². The normalized spacial score (nSPS) is 19.1. The van der Waals surface area contributed by atoms with Gasteiger partial charge >= 0.3 is 0 Å². The standard InChI is InChI=1S/C17H24N2O2/c1-13(2)14-3-4-16-15(11-14)5-6-19(16)17(20)12-18-7-9-21-10-8-18/h3-4,11,13H,5-10,12H2,1-2H3. The number of carbonyl (C=O) groups is 1. The molecule has 4 heteroatoms. The van der Waals surface area contributed by atoms with E-state index in [9.17, 15) is 4.79 Å². The third-order valence-corrected chi connectivity index (χ3v) is 4.43. The van der Waals surface area contributed by atoms with Crippen LogP contribution in [0.25, 0.3) is 0 Å². The van der Waals surface area contributed by atoms with Gasteiger partial charge in [0.25, 0.3) is 0 Å². The first-order valence-corrected chi connectivity index (χ1v) is 7.88. The molecule has 0 saturated carbocycles. The Bertz CT molecular complexity index is 522. The monoisotopic (exact) mass is 288 g/mol. The highest BCUT2D eigenvalue weighted by Crippen LogP contribution is 2.31. The average molecular weight is 288 g/mol. The Hall–Kier alpha value is -1.39. The molecule has 0 spiro atoms. The summed E-state index contributed by atoms with van der Waals surface area (Å²) in [6.07, 6.45) is 0.977. The zero-order chi connectivity index (χ0) is 14.8. The Morgan fingerprint density at radius 2 is 2.00 bits per heavy atom. The van der Waals surface area contributed by atoms with E-state index >= 15 is 0 Å². The fourth-order valence-electron chi connectivity index (χ4n) is 3.08. The summed E-state index contributed by atoms with van der Waals surface area (Å²) in [5, 5.41) is 0. The molecule has 3 rings (SSSR count). The number of morpholine rings is 1. The van der Waals surface area contributed by atoms with E-state index in [1.54, 1.807) is 0 Å². The lowest BCUT2D eigenvalue weighted by Gasteiger charge is -2.28. The van der Waals surface area contributed by atoms with E-state index in [1.165, 1.54) is 11.1 Å². The van der Waals surface area contributed by atoms with Crippen LogP contribution in [-0.4, -0.2) is 50.2 Å². The van der Waals surface area contributed by atoms with E-state index in [2.05, 4.69) is 36.9 Å². The van der Waals surface area contributed by atoms with E-state index < -0.39 is 0 Å². The molecule has 0 aliphatic carbocycles. The summed E-state index contributed by atoms with van der Waals surface area (Å²) in [6, 6.07) is 6.54. The molecule has 21 heavy (non-hydrogen) atoms. The van der Waals surface area contributed by atoms with Crippen LogP contribution >= 0.6 is 0 Å². The minimum absolute atomic E-state index is 0.216. The van der Waals surface area contributed by atoms with Gasteiger partial charge in [-0.05, 0) is 29.5 Å². The molecule has 114 valence electrons. The van der Waals surface area contributed by atoms with Gasteiger partial charge in [0.15, 0.2) is 0 Å². The Balaban J connectivity index is 1.70. The Labute approximate surface area is 126 Å². The summed E-state index contributed by atoms with van der Waals surface area (Å²) >= 11 is 0. The van der Waals surface area contributed by atoms with E-state index in [-0.39, 0.29) is 5.91 Å². The molecular formula is C17H24N2O2. The van der Waals surface area contributed by atoms with E-state index in [4.69, 9.17) is 4.74 Å². The van der Waals surface area contributed by atoms with Crippen LogP contribution in [0.1, 0.15) is 30.9 Å². The molecule has 0 unspecified atom stereocenters. The fraction of sp³-hybridized carbons (Fsp3) is 0.588. The number of hydrogen-bond acceptors (Lipinski definition) is 3. The SMILES string of the molecule is CC(C)c1ccc2c(c1)CCN2C(=O)CN1CCOCC1. The average Bonchev–Trinajstić information content (AvgIpc) is 2.91. The predicted molar refractivity (Wildman–Crippen MR) is 83.8 cm³/mol. The molecule has 0 aromatic heterocycles. The molecule has 2 aliphatic heterocycles. The number of anilines is 1. The van der Waals surface area contributed by atoms with Crippen LogP contribution in [-0.2, 0) is 16.0 Å². The van der Waals surface area contributed by atoms with Gasteiger partial charge in [0.05, 0.1) is 19.8 Å². The molecule has 2 heterocycles. The molecule has 1 amide bonds. The Kier molecular flexibility index (Phi) is 4.27. The lowest BCUT2D eigenvalue weighted by Crippen LogP contribution is -2.44. The molecule has 0 atom stereocenters. The number of fused-ring (bicyclic) bond motifs is 1. The van der Waals surface area contributed by atoms with Crippen LogP contribution in [0.2, 0.25) is 0 Å². The molecular weight excluding hydrogens is 264 g/mol. The number of carbonyl (C=O) groups excluding carboxylic acids is 1. The van der Waals surface area contributed by atoms with Crippen LogP contribution in [0.15, 0.2) is 18.2 Å². The third-order valence-electron chi connectivity index (χ3n) is 4.43. The zero-order valence-electron chi connectivity index (χ0n) is 13.0. The van der Waals surface area contributed by atoms with Crippen LogP contribution in [0.3, 0.4) is 0 Å². The highest BCUT2D eigenvalue weighted by Gasteiger charge is 2.26. The van der Waals surface area contributed by atoms with Gasteiger partial charge in [-0.1, -0.05) is 26.0 Å². The second kappa shape index (κ2) is 6.16. The molecule has 1 aromatic rings.